The average molecular weight is 294 g/mol. The Balaban J connectivity index is 1.71. The third-order valence-electron chi connectivity index (χ3n) is 3.14. The van der Waals surface area contributed by atoms with Gasteiger partial charge in [-0.1, -0.05) is 42.5 Å². The molecule has 5 nitrogen and oxygen atoms in total. The van der Waals surface area contributed by atoms with E-state index in [1.807, 2.05) is 54.6 Å². The Morgan fingerprint density at radius 3 is 2.50 bits per heavy atom. The number of nitrogens with one attached hydrogen (secondary N) is 2. The molecule has 2 N–H and O–H groups in total. The molecule has 0 saturated carbocycles. The molecule has 1 fully saturated rings. The summed E-state index contributed by atoms with van der Waals surface area (Å²) in [6, 6.07) is 16.7. The van der Waals surface area contributed by atoms with Crippen molar-refractivity contribution in [3.8, 4) is 5.75 Å². The van der Waals surface area contributed by atoms with E-state index in [0.717, 1.165) is 11.1 Å². The third-order valence-corrected chi connectivity index (χ3v) is 3.14. The number of amides is 3. The lowest BCUT2D eigenvalue weighted by molar-refractivity contribution is -0.115. The summed E-state index contributed by atoms with van der Waals surface area (Å²) in [5, 5.41) is 4.61. The van der Waals surface area contributed by atoms with Crippen LogP contribution in [0.4, 0.5) is 4.79 Å². The van der Waals surface area contributed by atoms with Crippen molar-refractivity contribution in [2.24, 2.45) is 0 Å². The molecule has 1 saturated heterocycles. The number of hydrogen-bond donors (Lipinski definition) is 2. The molecule has 0 radical (unpaired) electrons. The van der Waals surface area contributed by atoms with Crippen LogP contribution in [0, 0.1) is 0 Å². The van der Waals surface area contributed by atoms with E-state index in [-0.39, 0.29) is 5.70 Å². The minimum Gasteiger partial charge on any atom is -0.489 e. The van der Waals surface area contributed by atoms with Gasteiger partial charge in [-0.2, -0.15) is 0 Å². The van der Waals surface area contributed by atoms with Crippen molar-refractivity contribution in [3.63, 3.8) is 0 Å². The predicted molar refractivity (Wildman–Crippen MR) is 81.9 cm³/mol. The molecular formula is C17H14N2O3. The van der Waals surface area contributed by atoms with E-state index in [0.29, 0.717) is 12.4 Å². The normalized spacial score (nSPS) is 15.5. The van der Waals surface area contributed by atoms with E-state index in [1.165, 1.54) is 0 Å². The lowest BCUT2D eigenvalue weighted by Crippen LogP contribution is -2.22. The lowest BCUT2D eigenvalue weighted by atomic mass is 10.2. The lowest BCUT2D eigenvalue weighted by Gasteiger charge is -2.07. The molecule has 0 bridgehead atoms. The van der Waals surface area contributed by atoms with Crippen molar-refractivity contribution < 1.29 is 14.3 Å². The maximum atomic E-state index is 11.5. The molecular weight excluding hydrogens is 280 g/mol. The summed E-state index contributed by atoms with van der Waals surface area (Å²) in [5.41, 5.74) is 2.08. The van der Waals surface area contributed by atoms with Gasteiger partial charge in [0.2, 0.25) is 0 Å². The first-order valence-corrected chi connectivity index (χ1v) is 6.81. The van der Waals surface area contributed by atoms with Crippen LogP contribution in [0.1, 0.15) is 11.1 Å². The minimum atomic E-state index is -0.507. The summed E-state index contributed by atoms with van der Waals surface area (Å²) in [5.74, 6) is 0.267. The molecule has 0 atom stereocenters. The van der Waals surface area contributed by atoms with Gasteiger partial charge >= 0.3 is 6.03 Å². The van der Waals surface area contributed by atoms with Crippen molar-refractivity contribution in [1.29, 1.82) is 0 Å². The highest BCUT2D eigenvalue weighted by Gasteiger charge is 2.22. The fourth-order valence-electron chi connectivity index (χ4n) is 2.08. The predicted octanol–water partition coefficient (Wildman–Crippen LogP) is 2.45. The molecule has 2 aromatic carbocycles. The molecule has 22 heavy (non-hydrogen) atoms. The van der Waals surface area contributed by atoms with E-state index in [4.69, 9.17) is 4.74 Å². The van der Waals surface area contributed by atoms with E-state index >= 15 is 0 Å². The van der Waals surface area contributed by atoms with Crippen LogP contribution in [0.15, 0.2) is 60.3 Å². The SMILES string of the molecule is O=C1NC(=O)/C(=C\c2cccc(OCc3ccccc3)c2)N1. The summed E-state index contributed by atoms with van der Waals surface area (Å²) < 4.78 is 5.73. The van der Waals surface area contributed by atoms with Crippen molar-refractivity contribution >= 4 is 18.0 Å². The van der Waals surface area contributed by atoms with Gasteiger partial charge in [-0.25, -0.2) is 4.79 Å². The second-order valence-corrected chi connectivity index (χ2v) is 4.81. The quantitative estimate of drug-likeness (QED) is 0.672. The molecule has 0 spiro atoms. The van der Waals surface area contributed by atoms with Gasteiger partial charge < -0.3 is 10.1 Å². The maximum Gasteiger partial charge on any atom is 0.326 e. The van der Waals surface area contributed by atoms with Crippen molar-refractivity contribution in [2.45, 2.75) is 6.61 Å². The van der Waals surface area contributed by atoms with Gasteiger partial charge in [0.1, 0.15) is 18.1 Å². The molecule has 1 aliphatic heterocycles. The number of benzene rings is 2. The second-order valence-electron chi connectivity index (χ2n) is 4.81. The van der Waals surface area contributed by atoms with Gasteiger partial charge in [0.05, 0.1) is 0 Å². The fraction of sp³-hybridized carbons (Fsp3) is 0.0588. The van der Waals surface area contributed by atoms with Crippen molar-refractivity contribution in [3.05, 3.63) is 71.4 Å². The van der Waals surface area contributed by atoms with Crippen molar-refractivity contribution in [1.82, 2.24) is 10.6 Å². The smallest absolute Gasteiger partial charge is 0.326 e. The first-order chi connectivity index (χ1) is 10.7. The van der Waals surface area contributed by atoms with Crippen molar-refractivity contribution in [2.75, 3.05) is 0 Å². The van der Waals surface area contributed by atoms with Crippen LogP contribution in [0.5, 0.6) is 5.75 Å². The monoisotopic (exact) mass is 294 g/mol. The number of urea groups is 1. The molecule has 3 rings (SSSR count). The number of ether oxygens (including phenoxy) is 1. The minimum absolute atomic E-state index is 0.227. The van der Waals surface area contributed by atoms with E-state index in [2.05, 4.69) is 10.6 Å². The maximum absolute atomic E-state index is 11.5. The van der Waals surface area contributed by atoms with Crippen LogP contribution in [-0.4, -0.2) is 11.9 Å². The van der Waals surface area contributed by atoms with Gasteiger partial charge in [0.15, 0.2) is 0 Å². The number of hydrogen-bond acceptors (Lipinski definition) is 3. The van der Waals surface area contributed by atoms with E-state index < -0.39 is 11.9 Å². The first-order valence-electron chi connectivity index (χ1n) is 6.81. The number of carbonyl (C=O) groups is 2. The zero-order valence-electron chi connectivity index (χ0n) is 11.7. The third kappa shape index (κ3) is 3.32. The fourth-order valence-corrected chi connectivity index (χ4v) is 2.08. The largest absolute Gasteiger partial charge is 0.489 e. The van der Waals surface area contributed by atoms with Gasteiger partial charge in [-0.3, -0.25) is 10.1 Å². The Bertz CT molecular complexity index is 739. The number of rotatable bonds is 4. The highest BCUT2D eigenvalue weighted by molar-refractivity contribution is 6.13. The first kappa shape index (κ1) is 13.9. The summed E-state index contributed by atoms with van der Waals surface area (Å²) in [6.07, 6.45) is 1.61. The Hall–Kier alpha value is -3.08. The van der Waals surface area contributed by atoms with Crippen LogP contribution in [0.25, 0.3) is 6.08 Å². The molecule has 5 heteroatoms. The standard InChI is InChI=1S/C17H14N2O3/c20-16-15(18-17(21)19-16)10-13-7-4-8-14(9-13)22-11-12-5-2-1-3-6-12/h1-10H,11H2,(H2,18,19,20,21)/b15-10+. The topological polar surface area (TPSA) is 67.4 Å². The molecule has 3 amide bonds. The summed E-state index contributed by atoms with van der Waals surface area (Å²) >= 11 is 0. The molecule has 2 aromatic rings. The molecule has 110 valence electrons. The molecule has 0 unspecified atom stereocenters. The van der Waals surface area contributed by atoms with E-state index in [1.54, 1.807) is 6.08 Å². The number of imide groups is 1. The highest BCUT2D eigenvalue weighted by Crippen LogP contribution is 2.17. The van der Waals surface area contributed by atoms with E-state index in [9.17, 15) is 9.59 Å². The van der Waals surface area contributed by atoms with Crippen LogP contribution < -0.4 is 15.4 Å². The van der Waals surface area contributed by atoms with Crippen LogP contribution in [0.2, 0.25) is 0 Å². The average Bonchev–Trinajstić information content (AvgIpc) is 2.84. The van der Waals surface area contributed by atoms with Gasteiger partial charge in [-0.15, -0.1) is 0 Å². The Morgan fingerprint density at radius 1 is 0.955 bits per heavy atom. The summed E-state index contributed by atoms with van der Waals surface area (Å²) in [6.45, 7) is 0.470. The van der Waals surface area contributed by atoms with Crippen LogP contribution >= 0.6 is 0 Å². The molecule has 1 heterocycles. The van der Waals surface area contributed by atoms with Crippen LogP contribution in [-0.2, 0) is 11.4 Å². The van der Waals surface area contributed by atoms with Gasteiger partial charge in [0, 0.05) is 0 Å². The summed E-state index contributed by atoms with van der Waals surface area (Å²) in [4.78, 5) is 22.6. The van der Waals surface area contributed by atoms with Gasteiger partial charge in [0.25, 0.3) is 5.91 Å². The van der Waals surface area contributed by atoms with Crippen LogP contribution in [0.3, 0.4) is 0 Å². The Kier molecular flexibility index (Phi) is 3.87. The zero-order valence-corrected chi connectivity index (χ0v) is 11.7. The number of carbonyl (C=O) groups excluding carboxylic acids is 2. The zero-order chi connectivity index (χ0) is 15.4. The Morgan fingerprint density at radius 2 is 1.77 bits per heavy atom. The Labute approximate surface area is 127 Å². The molecule has 1 aliphatic rings. The molecule has 0 aliphatic carbocycles. The van der Waals surface area contributed by atoms with Gasteiger partial charge in [-0.05, 0) is 29.3 Å². The summed E-state index contributed by atoms with van der Waals surface area (Å²) in [7, 11) is 0. The molecule has 0 aromatic heterocycles. The second kappa shape index (κ2) is 6.13. The highest BCUT2D eigenvalue weighted by atomic mass is 16.5.